The van der Waals surface area contributed by atoms with Gasteiger partial charge in [-0.05, 0) is 59.9 Å². The van der Waals surface area contributed by atoms with E-state index in [0.29, 0.717) is 18.1 Å². The molecule has 4 heteroatoms. The summed E-state index contributed by atoms with van der Waals surface area (Å²) < 4.78 is 19.1. The number of rotatable bonds is 8. The molecule has 3 rings (SSSR count). The highest BCUT2D eigenvalue weighted by atomic mass is 19.1. The molecule has 3 aromatic carbocycles. The third kappa shape index (κ3) is 6.18. The van der Waals surface area contributed by atoms with Crippen molar-refractivity contribution in [2.24, 2.45) is 5.92 Å². The number of amides is 1. The molecule has 1 N–H and O–H groups in total. The van der Waals surface area contributed by atoms with Crippen molar-refractivity contribution < 1.29 is 13.9 Å². The Labute approximate surface area is 171 Å². The van der Waals surface area contributed by atoms with Crippen molar-refractivity contribution in [3.8, 4) is 5.75 Å². The van der Waals surface area contributed by atoms with Crippen LogP contribution in [0, 0.1) is 11.7 Å². The molecule has 0 aliphatic carbocycles. The predicted octanol–water partition coefficient (Wildman–Crippen LogP) is 5.92. The zero-order valence-corrected chi connectivity index (χ0v) is 16.8. The second-order valence-electron chi connectivity index (χ2n) is 7.51. The summed E-state index contributed by atoms with van der Waals surface area (Å²) in [5.74, 6) is 0.739. The van der Waals surface area contributed by atoms with Crippen molar-refractivity contribution in [2.75, 3.05) is 0 Å². The van der Waals surface area contributed by atoms with Gasteiger partial charge in [0.25, 0.3) is 5.91 Å². The molecule has 0 saturated heterocycles. The highest BCUT2D eigenvalue weighted by Crippen LogP contribution is 2.22. The van der Waals surface area contributed by atoms with Crippen LogP contribution in [0.1, 0.15) is 47.8 Å². The molecule has 1 atom stereocenters. The Kier molecular flexibility index (Phi) is 7.01. The van der Waals surface area contributed by atoms with Crippen molar-refractivity contribution in [1.29, 1.82) is 0 Å². The quantitative estimate of drug-likeness (QED) is 0.517. The molecule has 1 amide bonds. The molecule has 3 aromatic rings. The maximum atomic E-state index is 13.3. The van der Waals surface area contributed by atoms with Gasteiger partial charge in [-0.3, -0.25) is 4.79 Å². The molecule has 0 aliphatic rings. The first kappa shape index (κ1) is 20.6. The van der Waals surface area contributed by atoms with Crippen LogP contribution in [0.3, 0.4) is 0 Å². The molecule has 29 heavy (non-hydrogen) atoms. The monoisotopic (exact) mass is 391 g/mol. The fourth-order valence-electron chi connectivity index (χ4n) is 3.17. The van der Waals surface area contributed by atoms with Crippen LogP contribution in [-0.4, -0.2) is 5.91 Å². The summed E-state index contributed by atoms with van der Waals surface area (Å²) in [5, 5.41) is 3.10. The van der Waals surface area contributed by atoms with Gasteiger partial charge >= 0.3 is 0 Å². The molecule has 0 spiro atoms. The maximum Gasteiger partial charge on any atom is 0.251 e. The lowest BCUT2D eigenvalue weighted by Crippen LogP contribution is -2.29. The molecule has 0 heterocycles. The Morgan fingerprint density at radius 2 is 1.69 bits per heavy atom. The fourth-order valence-corrected chi connectivity index (χ4v) is 3.17. The molecule has 0 aromatic heterocycles. The van der Waals surface area contributed by atoms with Crippen LogP contribution in [-0.2, 0) is 6.61 Å². The van der Waals surface area contributed by atoms with Crippen LogP contribution in [0.4, 0.5) is 4.39 Å². The minimum atomic E-state index is -0.283. The largest absolute Gasteiger partial charge is 0.489 e. The van der Waals surface area contributed by atoms with E-state index in [0.717, 1.165) is 23.3 Å². The van der Waals surface area contributed by atoms with Gasteiger partial charge in [0.1, 0.15) is 18.2 Å². The van der Waals surface area contributed by atoms with Gasteiger partial charge in [-0.1, -0.05) is 56.3 Å². The molecule has 150 valence electrons. The Hall–Kier alpha value is -3.14. The van der Waals surface area contributed by atoms with Crippen LogP contribution in [0.25, 0.3) is 0 Å². The molecule has 1 unspecified atom stereocenters. The molecule has 0 radical (unpaired) electrons. The van der Waals surface area contributed by atoms with Gasteiger partial charge in [-0.25, -0.2) is 4.39 Å². The van der Waals surface area contributed by atoms with Crippen molar-refractivity contribution in [2.45, 2.75) is 32.9 Å². The summed E-state index contributed by atoms with van der Waals surface area (Å²) in [7, 11) is 0. The average Bonchev–Trinajstić information content (AvgIpc) is 2.73. The van der Waals surface area contributed by atoms with Crippen molar-refractivity contribution in [3.63, 3.8) is 0 Å². The average molecular weight is 391 g/mol. The highest BCUT2D eigenvalue weighted by Gasteiger charge is 2.17. The first-order valence-corrected chi connectivity index (χ1v) is 9.84. The molecular formula is C25H26FNO2. The number of carbonyl (C=O) groups excluding carboxylic acids is 1. The lowest BCUT2D eigenvalue weighted by Gasteiger charge is -2.21. The fraction of sp³-hybridized carbons (Fsp3) is 0.240. The zero-order valence-electron chi connectivity index (χ0n) is 16.8. The Balaban J connectivity index is 1.70. The summed E-state index contributed by atoms with van der Waals surface area (Å²) in [4.78, 5) is 12.9. The zero-order chi connectivity index (χ0) is 20.6. The number of hydrogen-bond acceptors (Lipinski definition) is 2. The van der Waals surface area contributed by atoms with Crippen molar-refractivity contribution in [3.05, 3.63) is 101 Å². The van der Waals surface area contributed by atoms with E-state index in [-0.39, 0.29) is 17.8 Å². The van der Waals surface area contributed by atoms with E-state index in [9.17, 15) is 9.18 Å². The van der Waals surface area contributed by atoms with Crippen molar-refractivity contribution >= 4 is 5.91 Å². The number of hydrogen-bond donors (Lipinski definition) is 1. The van der Waals surface area contributed by atoms with E-state index >= 15 is 0 Å². The number of nitrogens with one attached hydrogen (secondary N) is 1. The maximum absolute atomic E-state index is 13.3. The van der Waals surface area contributed by atoms with Crippen LogP contribution in [0.5, 0.6) is 5.75 Å². The Morgan fingerprint density at radius 3 is 2.38 bits per heavy atom. The number of ether oxygens (including phenoxy) is 1. The van der Waals surface area contributed by atoms with E-state index in [1.165, 1.54) is 12.1 Å². The molecule has 3 nitrogen and oxygen atoms in total. The van der Waals surface area contributed by atoms with Gasteiger partial charge in [-0.2, -0.15) is 0 Å². The van der Waals surface area contributed by atoms with E-state index in [2.05, 4.69) is 19.2 Å². The summed E-state index contributed by atoms with van der Waals surface area (Å²) >= 11 is 0. The van der Waals surface area contributed by atoms with E-state index in [1.54, 1.807) is 18.2 Å². The third-order valence-corrected chi connectivity index (χ3v) is 4.62. The third-order valence-electron chi connectivity index (χ3n) is 4.62. The normalized spacial score (nSPS) is 11.9. The SMILES string of the molecule is CC(C)CC(NC(=O)c1cccc(COc2ccccc2)c1)c1ccc(F)cc1. The van der Waals surface area contributed by atoms with E-state index < -0.39 is 0 Å². The van der Waals surface area contributed by atoms with Gasteiger partial charge < -0.3 is 10.1 Å². The number of benzene rings is 3. The lowest BCUT2D eigenvalue weighted by atomic mass is 9.96. The topological polar surface area (TPSA) is 38.3 Å². The summed E-state index contributed by atoms with van der Waals surface area (Å²) in [6.45, 7) is 4.59. The first-order chi connectivity index (χ1) is 14.0. The van der Waals surface area contributed by atoms with Crippen LogP contribution >= 0.6 is 0 Å². The van der Waals surface area contributed by atoms with Gasteiger partial charge in [0, 0.05) is 5.56 Å². The van der Waals surface area contributed by atoms with Crippen LogP contribution in [0.15, 0.2) is 78.9 Å². The van der Waals surface area contributed by atoms with Crippen molar-refractivity contribution in [1.82, 2.24) is 5.32 Å². The van der Waals surface area contributed by atoms with E-state index in [4.69, 9.17) is 4.74 Å². The summed E-state index contributed by atoms with van der Waals surface area (Å²) in [5.41, 5.74) is 2.40. The number of carbonyl (C=O) groups is 1. The van der Waals surface area contributed by atoms with Crippen LogP contribution in [0.2, 0.25) is 0 Å². The van der Waals surface area contributed by atoms with Gasteiger partial charge in [0.2, 0.25) is 0 Å². The summed E-state index contributed by atoms with van der Waals surface area (Å²) in [6, 6.07) is 23.1. The second-order valence-corrected chi connectivity index (χ2v) is 7.51. The molecular weight excluding hydrogens is 365 g/mol. The van der Waals surface area contributed by atoms with Gasteiger partial charge in [0.15, 0.2) is 0 Å². The van der Waals surface area contributed by atoms with Gasteiger partial charge in [0.05, 0.1) is 6.04 Å². The predicted molar refractivity (Wildman–Crippen MR) is 113 cm³/mol. The molecule has 0 saturated carbocycles. The highest BCUT2D eigenvalue weighted by molar-refractivity contribution is 5.94. The smallest absolute Gasteiger partial charge is 0.251 e. The standard InChI is InChI=1S/C25H26FNO2/c1-18(2)15-24(20-11-13-22(26)14-12-20)27-25(28)21-8-6-7-19(16-21)17-29-23-9-4-3-5-10-23/h3-14,16,18,24H,15,17H2,1-2H3,(H,27,28). The first-order valence-electron chi connectivity index (χ1n) is 9.84. The molecule has 0 bridgehead atoms. The van der Waals surface area contributed by atoms with Crippen LogP contribution < -0.4 is 10.1 Å². The molecule has 0 aliphatic heterocycles. The minimum Gasteiger partial charge on any atom is -0.489 e. The van der Waals surface area contributed by atoms with Gasteiger partial charge in [-0.15, -0.1) is 0 Å². The lowest BCUT2D eigenvalue weighted by molar-refractivity contribution is 0.0932. The second kappa shape index (κ2) is 9.87. The molecule has 0 fully saturated rings. The number of para-hydroxylation sites is 1. The Bertz CT molecular complexity index is 923. The minimum absolute atomic E-state index is 0.151. The van der Waals surface area contributed by atoms with E-state index in [1.807, 2.05) is 48.5 Å². The number of halogens is 1. The summed E-state index contributed by atoms with van der Waals surface area (Å²) in [6.07, 6.45) is 0.772. The Morgan fingerprint density at radius 1 is 0.966 bits per heavy atom.